The summed E-state index contributed by atoms with van der Waals surface area (Å²) in [6.07, 6.45) is -2.84. The van der Waals surface area contributed by atoms with E-state index in [0.717, 1.165) is 0 Å². The van der Waals surface area contributed by atoms with E-state index in [-0.39, 0.29) is 6.42 Å². The van der Waals surface area contributed by atoms with Gasteiger partial charge in [0.05, 0.1) is 0 Å². The van der Waals surface area contributed by atoms with Crippen LogP contribution >= 0.6 is 0 Å². The first-order valence-electron chi connectivity index (χ1n) is 4.91. The zero-order valence-corrected chi connectivity index (χ0v) is 7.98. The summed E-state index contributed by atoms with van der Waals surface area (Å²) in [6, 6.07) is 0. The van der Waals surface area contributed by atoms with Crippen LogP contribution in [0.5, 0.6) is 0 Å². The summed E-state index contributed by atoms with van der Waals surface area (Å²) >= 11 is 0. The molecule has 5 heteroatoms. The van der Waals surface area contributed by atoms with Crippen LogP contribution in [0.25, 0.3) is 0 Å². The van der Waals surface area contributed by atoms with Gasteiger partial charge in [-0.15, -0.1) is 0 Å². The van der Waals surface area contributed by atoms with Crippen molar-refractivity contribution >= 4 is 0 Å². The van der Waals surface area contributed by atoms with Crippen molar-refractivity contribution in [3.63, 3.8) is 0 Å². The molecule has 0 aliphatic heterocycles. The Bertz CT molecular complexity index is 195. The van der Waals surface area contributed by atoms with E-state index in [2.05, 4.69) is 0 Å². The quantitative estimate of drug-likeness (QED) is 0.748. The molecule has 84 valence electrons. The van der Waals surface area contributed by atoms with E-state index in [4.69, 9.17) is 5.73 Å². The Hall–Kier alpha value is -0.290. The van der Waals surface area contributed by atoms with Crippen LogP contribution in [-0.4, -0.2) is 23.4 Å². The minimum Gasteiger partial charge on any atom is -0.380 e. The number of alkyl halides is 3. The molecule has 1 fully saturated rings. The van der Waals surface area contributed by atoms with Gasteiger partial charge in [0.2, 0.25) is 0 Å². The Morgan fingerprint density at radius 3 is 2.57 bits per heavy atom. The highest BCUT2D eigenvalue weighted by Crippen LogP contribution is 2.48. The van der Waals surface area contributed by atoms with Crippen molar-refractivity contribution in [2.75, 3.05) is 6.54 Å². The Kier molecular flexibility index (Phi) is 3.42. The van der Waals surface area contributed by atoms with Crippen LogP contribution in [0.4, 0.5) is 13.2 Å². The SMILES string of the molecule is NCCCC1CCCC1(O)C(F)(F)F. The van der Waals surface area contributed by atoms with Crippen LogP contribution in [-0.2, 0) is 0 Å². The molecule has 1 rings (SSSR count). The Morgan fingerprint density at radius 2 is 2.07 bits per heavy atom. The molecule has 0 radical (unpaired) electrons. The second kappa shape index (κ2) is 4.06. The van der Waals surface area contributed by atoms with Crippen molar-refractivity contribution in [1.29, 1.82) is 0 Å². The number of hydrogen-bond acceptors (Lipinski definition) is 2. The largest absolute Gasteiger partial charge is 0.417 e. The predicted molar refractivity (Wildman–Crippen MR) is 46.6 cm³/mol. The monoisotopic (exact) mass is 211 g/mol. The van der Waals surface area contributed by atoms with Gasteiger partial charge >= 0.3 is 6.18 Å². The summed E-state index contributed by atoms with van der Waals surface area (Å²) in [6.45, 7) is 0.379. The fourth-order valence-electron chi connectivity index (χ4n) is 2.18. The van der Waals surface area contributed by atoms with E-state index >= 15 is 0 Å². The molecule has 1 aliphatic carbocycles. The second-order valence-electron chi connectivity index (χ2n) is 3.94. The maximum atomic E-state index is 12.5. The molecule has 0 heterocycles. The lowest BCUT2D eigenvalue weighted by Gasteiger charge is -2.32. The maximum Gasteiger partial charge on any atom is 0.417 e. The molecule has 0 aromatic heterocycles. The zero-order valence-electron chi connectivity index (χ0n) is 7.98. The van der Waals surface area contributed by atoms with E-state index < -0.39 is 17.7 Å². The third-order valence-electron chi connectivity index (χ3n) is 3.03. The van der Waals surface area contributed by atoms with Crippen molar-refractivity contribution in [3.8, 4) is 0 Å². The standard InChI is InChI=1S/C9H16F3NO/c10-9(11,12)8(14)5-1-3-7(8)4-2-6-13/h7,14H,1-6,13H2. The minimum atomic E-state index is -4.50. The van der Waals surface area contributed by atoms with Crippen molar-refractivity contribution < 1.29 is 18.3 Å². The fourth-order valence-corrected chi connectivity index (χ4v) is 2.18. The molecule has 0 saturated heterocycles. The lowest BCUT2D eigenvalue weighted by molar-refractivity contribution is -0.273. The Labute approximate surface area is 81.3 Å². The van der Waals surface area contributed by atoms with Gasteiger partial charge in [0.1, 0.15) is 0 Å². The van der Waals surface area contributed by atoms with E-state index in [9.17, 15) is 18.3 Å². The number of halogens is 3. The summed E-state index contributed by atoms with van der Waals surface area (Å²) < 4.78 is 37.6. The normalized spacial score (nSPS) is 33.6. The van der Waals surface area contributed by atoms with Crippen LogP contribution < -0.4 is 5.73 Å². The first-order valence-corrected chi connectivity index (χ1v) is 4.91. The first kappa shape index (κ1) is 11.8. The first-order chi connectivity index (χ1) is 6.42. The highest BCUT2D eigenvalue weighted by Gasteiger charge is 2.59. The van der Waals surface area contributed by atoms with Crippen LogP contribution in [0, 0.1) is 5.92 Å². The molecule has 1 aliphatic rings. The van der Waals surface area contributed by atoms with Crippen molar-refractivity contribution in [2.24, 2.45) is 11.7 Å². The number of aliphatic hydroxyl groups is 1. The lowest BCUT2D eigenvalue weighted by Crippen LogP contribution is -2.48. The average molecular weight is 211 g/mol. The molecule has 0 aromatic rings. The molecule has 0 bridgehead atoms. The van der Waals surface area contributed by atoms with Crippen LogP contribution in [0.2, 0.25) is 0 Å². The van der Waals surface area contributed by atoms with Crippen molar-refractivity contribution in [3.05, 3.63) is 0 Å². The second-order valence-corrected chi connectivity index (χ2v) is 3.94. The molecule has 2 nitrogen and oxygen atoms in total. The van der Waals surface area contributed by atoms with Gasteiger partial charge in [-0.3, -0.25) is 0 Å². The summed E-state index contributed by atoms with van der Waals surface area (Å²) in [5, 5.41) is 9.55. The van der Waals surface area contributed by atoms with Gasteiger partial charge in [-0.2, -0.15) is 13.2 Å². The third-order valence-corrected chi connectivity index (χ3v) is 3.03. The summed E-state index contributed by atoms with van der Waals surface area (Å²) in [5.74, 6) is -0.661. The molecule has 2 unspecified atom stereocenters. The zero-order chi connectivity index (χ0) is 10.8. The maximum absolute atomic E-state index is 12.5. The minimum absolute atomic E-state index is 0.161. The molecule has 0 spiro atoms. The van der Waals surface area contributed by atoms with Gasteiger partial charge in [0.25, 0.3) is 0 Å². The molecule has 3 N–H and O–H groups in total. The van der Waals surface area contributed by atoms with Gasteiger partial charge in [0, 0.05) is 0 Å². The van der Waals surface area contributed by atoms with Gasteiger partial charge in [0.15, 0.2) is 5.60 Å². The van der Waals surface area contributed by atoms with E-state index in [1.54, 1.807) is 0 Å². The van der Waals surface area contributed by atoms with Crippen molar-refractivity contribution in [1.82, 2.24) is 0 Å². The topological polar surface area (TPSA) is 46.2 Å². The average Bonchev–Trinajstić information content (AvgIpc) is 2.44. The summed E-state index contributed by atoms with van der Waals surface area (Å²) in [5.41, 5.74) is 2.79. The molecule has 1 saturated carbocycles. The smallest absolute Gasteiger partial charge is 0.380 e. The molecule has 2 atom stereocenters. The number of hydrogen-bond donors (Lipinski definition) is 2. The van der Waals surface area contributed by atoms with Crippen LogP contribution in [0.3, 0.4) is 0 Å². The van der Waals surface area contributed by atoms with Crippen LogP contribution in [0.15, 0.2) is 0 Å². The molecule has 0 aromatic carbocycles. The van der Waals surface area contributed by atoms with Gasteiger partial charge in [-0.25, -0.2) is 0 Å². The third kappa shape index (κ3) is 2.03. The van der Waals surface area contributed by atoms with E-state index in [0.29, 0.717) is 32.2 Å². The molecule has 14 heavy (non-hydrogen) atoms. The Balaban J connectivity index is 2.66. The van der Waals surface area contributed by atoms with Gasteiger partial charge in [-0.05, 0) is 44.6 Å². The van der Waals surface area contributed by atoms with Crippen LogP contribution in [0.1, 0.15) is 32.1 Å². The predicted octanol–water partition coefficient (Wildman–Crippen LogP) is 1.82. The fraction of sp³-hybridized carbons (Fsp3) is 1.00. The molecular weight excluding hydrogens is 195 g/mol. The highest BCUT2D eigenvalue weighted by atomic mass is 19.4. The number of rotatable bonds is 3. The number of nitrogens with two attached hydrogens (primary N) is 1. The Morgan fingerprint density at radius 1 is 1.43 bits per heavy atom. The van der Waals surface area contributed by atoms with Gasteiger partial charge < -0.3 is 10.8 Å². The van der Waals surface area contributed by atoms with E-state index in [1.807, 2.05) is 0 Å². The molecule has 0 amide bonds. The lowest BCUT2D eigenvalue weighted by atomic mass is 9.86. The van der Waals surface area contributed by atoms with Gasteiger partial charge in [-0.1, -0.05) is 0 Å². The summed E-state index contributed by atoms with van der Waals surface area (Å²) in [7, 11) is 0. The summed E-state index contributed by atoms with van der Waals surface area (Å²) in [4.78, 5) is 0. The van der Waals surface area contributed by atoms with E-state index in [1.165, 1.54) is 0 Å². The van der Waals surface area contributed by atoms with Crippen molar-refractivity contribution in [2.45, 2.75) is 43.9 Å². The highest BCUT2D eigenvalue weighted by molar-refractivity contribution is 4.97. The molecular formula is C9H16F3NO.